The predicted molar refractivity (Wildman–Crippen MR) is 82.5 cm³/mol. The Morgan fingerprint density at radius 2 is 1.83 bits per heavy atom. The third kappa shape index (κ3) is 6.86. The van der Waals surface area contributed by atoms with Crippen LogP contribution < -0.4 is 15.4 Å². The van der Waals surface area contributed by atoms with Crippen LogP contribution >= 0.6 is 0 Å². The molecule has 1 rings (SSSR count). The molecule has 1 aromatic rings. The van der Waals surface area contributed by atoms with Crippen molar-refractivity contribution in [1.29, 1.82) is 0 Å². The van der Waals surface area contributed by atoms with E-state index in [1.54, 1.807) is 25.8 Å². The molecule has 0 aliphatic carbocycles. The first-order valence-electron chi connectivity index (χ1n) is 7.26. The molecular weight excluding hydrogens is 327 g/mol. The van der Waals surface area contributed by atoms with Crippen molar-refractivity contribution in [3.05, 3.63) is 24.3 Å². The van der Waals surface area contributed by atoms with Crippen LogP contribution in [0.2, 0.25) is 0 Å². The van der Waals surface area contributed by atoms with Crippen LogP contribution in [0, 0.1) is 0 Å². The fraction of sp³-hybridized carbons (Fsp3) is 0.467. The van der Waals surface area contributed by atoms with Gasteiger partial charge in [-0.15, -0.1) is 13.2 Å². The van der Waals surface area contributed by atoms with Gasteiger partial charge in [-0.05, 0) is 45.2 Å². The first-order chi connectivity index (χ1) is 11.1. The maximum atomic E-state index is 12.1. The fourth-order valence-electron chi connectivity index (χ4n) is 1.83. The summed E-state index contributed by atoms with van der Waals surface area (Å²) < 4.78 is 39.9. The number of amides is 2. The number of carbonyl (C=O) groups is 2. The van der Waals surface area contributed by atoms with Crippen LogP contribution in [-0.2, 0) is 9.59 Å². The van der Waals surface area contributed by atoms with E-state index in [2.05, 4.69) is 15.4 Å². The van der Waals surface area contributed by atoms with Gasteiger partial charge in [0.15, 0.2) is 0 Å². The lowest BCUT2D eigenvalue weighted by Crippen LogP contribution is -2.45. The Kier molecular flexibility index (Phi) is 7.02. The summed E-state index contributed by atoms with van der Waals surface area (Å²) in [5, 5.41) is 5.20. The molecule has 0 heterocycles. The van der Waals surface area contributed by atoms with Crippen LogP contribution in [0.1, 0.15) is 13.8 Å². The van der Waals surface area contributed by atoms with E-state index in [0.717, 1.165) is 12.1 Å². The summed E-state index contributed by atoms with van der Waals surface area (Å²) >= 11 is 0. The molecule has 1 atom stereocenters. The summed E-state index contributed by atoms with van der Waals surface area (Å²) in [4.78, 5) is 25.2. The van der Waals surface area contributed by atoms with Gasteiger partial charge in [-0.2, -0.15) is 0 Å². The largest absolute Gasteiger partial charge is 0.573 e. The molecule has 2 N–H and O–H groups in total. The second-order valence-electron chi connectivity index (χ2n) is 5.11. The van der Waals surface area contributed by atoms with E-state index in [4.69, 9.17) is 0 Å². The third-order valence-corrected chi connectivity index (χ3v) is 3.16. The number of ether oxygens (including phenoxy) is 1. The van der Waals surface area contributed by atoms with Crippen LogP contribution in [-0.4, -0.2) is 49.3 Å². The Labute approximate surface area is 138 Å². The average Bonchev–Trinajstić information content (AvgIpc) is 2.47. The number of rotatable bonds is 7. The minimum Gasteiger partial charge on any atom is -0.406 e. The molecule has 0 bridgehead atoms. The van der Waals surface area contributed by atoms with Crippen molar-refractivity contribution in [2.45, 2.75) is 26.3 Å². The molecular formula is C15H20F3N3O3. The molecule has 0 aliphatic rings. The summed E-state index contributed by atoms with van der Waals surface area (Å²) in [6.45, 7) is 3.92. The molecule has 9 heteroatoms. The minimum atomic E-state index is -4.76. The summed E-state index contributed by atoms with van der Waals surface area (Å²) in [6, 6.07) is 4.31. The average molecular weight is 347 g/mol. The highest BCUT2D eigenvalue weighted by Gasteiger charge is 2.31. The SMILES string of the molecule is CCNC(=O)[C@@H](C)N(C)CC(=O)Nc1ccc(OC(F)(F)F)cc1. The van der Waals surface area contributed by atoms with Gasteiger partial charge in [-0.3, -0.25) is 14.5 Å². The lowest BCUT2D eigenvalue weighted by atomic mass is 10.2. The second kappa shape index (κ2) is 8.53. The van der Waals surface area contributed by atoms with Crippen molar-refractivity contribution in [3.8, 4) is 5.75 Å². The van der Waals surface area contributed by atoms with Gasteiger partial charge in [0.05, 0.1) is 12.6 Å². The number of halogens is 3. The first-order valence-corrected chi connectivity index (χ1v) is 7.26. The number of nitrogens with one attached hydrogen (secondary N) is 2. The number of anilines is 1. The van der Waals surface area contributed by atoms with Crippen molar-refractivity contribution in [2.75, 3.05) is 25.5 Å². The molecule has 134 valence electrons. The summed E-state index contributed by atoms with van der Waals surface area (Å²) in [5.74, 6) is -0.956. The molecule has 6 nitrogen and oxygen atoms in total. The van der Waals surface area contributed by atoms with Crippen LogP contribution in [0.4, 0.5) is 18.9 Å². The molecule has 0 fully saturated rings. The van der Waals surface area contributed by atoms with E-state index in [0.29, 0.717) is 12.2 Å². The Morgan fingerprint density at radius 3 is 2.33 bits per heavy atom. The molecule has 2 amide bonds. The molecule has 24 heavy (non-hydrogen) atoms. The molecule has 0 unspecified atom stereocenters. The Hall–Kier alpha value is -2.29. The molecule has 0 aliphatic heterocycles. The number of alkyl halides is 3. The zero-order valence-corrected chi connectivity index (χ0v) is 13.6. The van der Waals surface area contributed by atoms with E-state index >= 15 is 0 Å². The van der Waals surface area contributed by atoms with Gasteiger partial charge in [0, 0.05) is 12.2 Å². The van der Waals surface area contributed by atoms with Gasteiger partial charge in [0.1, 0.15) is 5.75 Å². The van der Waals surface area contributed by atoms with Crippen LogP contribution in [0.3, 0.4) is 0 Å². The molecule has 0 spiro atoms. The lowest BCUT2D eigenvalue weighted by molar-refractivity contribution is -0.274. The van der Waals surface area contributed by atoms with E-state index in [1.165, 1.54) is 12.1 Å². The number of hydrogen-bond acceptors (Lipinski definition) is 4. The molecule has 0 radical (unpaired) electrons. The molecule has 0 saturated carbocycles. The Bertz CT molecular complexity index is 561. The normalized spacial score (nSPS) is 12.6. The Morgan fingerprint density at radius 1 is 1.25 bits per heavy atom. The topological polar surface area (TPSA) is 70.7 Å². The van der Waals surface area contributed by atoms with Gasteiger partial charge in [-0.25, -0.2) is 0 Å². The summed E-state index contributed by atoms with van der Waals surface area (Å²) in [6.07, 6.45) is -4.76. The maximum absolute atomic E-state index is 12.1. The van der Waals surface area contributed by atoms with E-state index in [-0.39, 0.29) is 18.2 Å². The van der Waals surface area contributed by atoms with Crippen LogP contribution in [0.25, 0.3) is 0 Å². The third-order valence-electron chi connectivity index (χ3n) is 3.16. The number of likely N-dealkylation sites (N-methyl/N-ethyl adjacent to an activating group) is 2. The van der Waals surface area contributed by atoms with E-state index in [1.807, 2.05) is 0 Å². The highest BCUT2D eigenvalue weighted by atomic mass is 19.4. The van der Waals surface area contributed by atoms with Gasteiger partial charge in [0.25, 0.3) is 0 Å². The smallest absolute Gasteiger partial charge is 0.406 e. The van der Waals surface area contributed by atoms with Gasteiger partial charge >= 0.3 is 6.36 Å². The number of hydrogen-bond donors (Lipinski definition) is 2. The zero-order valence-electron chi connectivity index (χ0n) is 13.6. The van der Waals surface area contributed by atoms with Crippen molar-refractivity contribution in [3.63, 3.8) is 0 Å². The monoisotopic (exact) mass is 347 g/mol. The minimum absolute atomic E-state index is 0.0426. The van der Waals surface area contributed by atoms with Crippen LogP contribution in [0.5, 0.6) is 5.75 Å². The lowest BCUT2D eigenvalue weighted by Gasteiger charge is -2.23. The second-order valence-corrected chi connectivity index (χ2v) is 5.11. The van der Waals surface area contributed by atoms with Gasteiger partial charge in [0.2, 0.25) is 11.8 Å². The quantitative estimate of drug-likeness (QED) is 0.791. The highest BCUT2D eigenvalue weighted by molar-refractivity contribution is 5.92. The number of benzene rings is 1. The van der Waals surface area contributed by atoms with Gasteiger partial charge < -0.3 is 15.4 Å². The number of nitrogens with zero attached hydrogens (tertiary/aromatic N) is 1. The fourth-order valence-corrected chi connectivity index (χ4v) is 1.83. The van der Waals surface area contributed by atoms with Crippen LogP contribution in [0.15, 0.2) is 24.3 Å². The maximum Gasteiger partial charge on any atom is 0.573 e. The zero-order chi connectivity index (χ0) is 18.3. The van der Waals surface area contributed by atoms with Crippen molar-refractivity contribution < 1.29 is 27.5 Å². The Balaban J connectivity index is 2.54. The summed E-state index contributed by atoms with van der Waals surface area (Å²) in [7, 11) is 1.62. The molecule has 0 aromatic heterocycles. The van der Waals surface area contributed by atoms with Crippen molar-refractivity contribution in [1.82, 2.24) is 10.2 Å². The number of carbonyl (C=O) groups excluding carboxylic acids is 2. The van der Waals surface area contributed by atoms with Gasteiger partial charge in [-0.1, -0.05) is 0 Å². The summed E-state index contributed by atoms with van der Waals surface area (Å²) in [5.41, 5.74) is 0.327. The first kappa shape index (κ1) is 19.8. The van der Waals surface area contributed by atoms with Crippen molar-refractivity contribution >= 4 is 17.5 Å². The standard InChI is InChI=1S/C15H20F3N3O3/c1-4-19-14(23)10(2)21(3)9-13(22)20-11-5-7-12(8-6-11)24-15(16,17)18/h5-8,10H,4,9H2,1-3H3,(H,19,23)(H,20,22)/t10-/m1/s1. The molecule has 0 saturated heterocycles. The molecule has 1 aromatic carbocycles. The van der Waals surface area contributed by atoms with Crippen molar-refractivity contribution in [2.24, 2.45) is 0 Å². The predicted octanol–water partition coefficient (Wildman–Crippen LogP) is 1.98. The van der Waals surface area contributed by atoms with E-state index < -0.39 is 18.3 Å². The van der Waals surface area contributed by atoms with E-state index in [9.17, 15) is 22.8 Å². The highest BCUT2D eigenvalue weighted by Crippen LogP contribution is 2.23.